The second-order valence-electron chi connectivity index (χ2n) is 6.19. The summed E-state index contributed by atoms with van der Waals surface area (Å²) in [5.74, 6) is 0.209. The zero-order valence-corrected chi connectivity index (χ0v) is 13.4. The Bertz CT molecular complexity index is 814. The van der Waals surface area contributed by atoms with Crippen molar-refractivity contribution in [3.63, 3.8) is 0 Å². The lowest BCUT2D eigenvalue weighted by Gasteiger charge is -2.04. The van der Waals surface area contributed by atoms with Crippen molar-refractivity contribution in [1.29, 1.82) is 0 Å². The second kappa shape index (κ2) is 6.42. The number of nitrogens with zero attached hydrogens (tertiary/aromatic N) is 1. The summed E-state index contributed by atoms with van der Waals surface area (Å²) >= 11 is 0. The number of Topliss-reactive ketones (excluding diaryl/α,β-unsaturated/α-hetero) is 1. The fourth-order valence-corrected chi connectivity index (χ4v) is 3.36. The molecular weight excluding hydrogens is 294 g/mol. The summed E-state index contributed by atoms with van der Waals surface area (Å²) < 4.78 is 0. The van der Waals surface area contributed by atoms with Gasteiger partial charge in [0.25, 0.3) is 0 Å². The maximum Gasteiger partial charge on any atom is 0.181 e. The average Bonchev–Trinajstić information content (AvgIpc) is 3.37. The Kier molecular flexibility index (Phi) is 3.97. The summed E-state index contributed by atoms with van der Waals surface area (Å²) in [5, 5.41) is 0. The standard InChI is InChI=1S/C22H19NO/c24-22(19-14-8-3-9-15-19)21-20(18-12-6-2-7-13-18)23(21)16-17-10-4-1-5-11-17/h1-15,20-21H,16H2/t20-,21+,23?/m1/s1. The van der Waals surface area contributed by atoms with E-state index in [1.54, 1.807) is 0 Å². The normalized spacial score (nSPS) is 22.1. The lowest BCUT2D eigenvalue weighted by Crippen LogP contribution is -2.13. The molecule has 1 saturated heterocycles. The highest BCUT2D eigenvalue weighted by Gasteiger charge is 2.52. The average molecular weight is 313 g/mol. The van der Waals surface area contributed by atoms with Gasteiger partial charge >= 0.3 is 0 Å². The largest absolute Gasteiger partial charge is 0.292 e. The third-order valence-electron chi connectivity index (χ3n) is 4.60. The molecule has 0 aliphatic carbocycles. The molecule has 1 aliphatic rings. The highest BCUT2D eigenvalue weighted by Crippen LogP contribution is 2.45. The van der Waals surface area contributed by atoms with Gasteiger partial charge in [-0.3, -0.25) is 9.69 Å². The number of hydrogen-bond donors (Lipinski definition) is 0. The molecule has 3 atom stereocenters. The zero-order chi connectivity index (χ0) is 16.4. The maximum atomic E-state index is 12.9. The van der Waals surface area contributed by atoms with E-state index in [0.717, 1.165) is 12.1 Å². The summed E-state index contributed by atoms with van der Waals surface area (Å²) in [5.41, 5.74) is 3.24. The molecule has 0 amide bonds. The highest BCUT2D eigenvalue weighted by molar-refractivity contribution is 6.02. The number of ketones is 1. The van der Waals surface area contributed by atoms with Crippen molar-refractivity contribution in [3.8, 4) is 0 Å². The van der Waals surface area contributed by atoms with Crippen LogP contribution in [0.2, 0.25) is 0 Å². The van der Waals surface area contributed by atoms with Gasteiger partial charge in [0.05, 0.1) is 12.1 Å². The van der Waals surface area contributed by atoms with Crippen molar-refractivity contribution < 1.29 is 4.79 Å². The molecule has 0 aromatic heterocycles. The molecule has 24 heavy (non-hydrogen) atoms. The van der Waals surface area contributed by atoms with Gasteiger partial charge in [-0.05, 0) is 11.1 Å². The smallest absolute Gasteiger partial charge is 0.181 e. The Labute approximate surface area is 142 Å². The summed E-state index contributed by atoms with van der Waals surface area (Å²) in [6.07, 6.45) is 0. The van der Waals surface area contributed by atoms with E-state index in [-0.39, 0.29) is 17.9 Å². The minimum Gasteiger partial charge on any atom is -0.292 e. The Balaban J connectivity index is 1.61. The molecule has 4 rings (SSSR count). The van der Waals surface area contributed by atoms with Gasteiger partial charge < -0.3 is 0 Å². The van der Waals surface area contributed by atoms with E-state index in [1.165, 1.54) is 11.1 Å². The molecule has 0 bridgehead atoms. The first-order valence-corrected chi connectivity index (χ1v) is 8.28. The lowest BCUT2D eigenvalue weighted by molar-refractivity contribution is 0.0973. The van der Waals surface area contributed by atoms with E-state index in [2.05, 4.69) is 29.2 Å². The molecule has 0 spiro atoms. The number of carbonyl (C=O) groups excluding carboxylic acids is 1. The van der Waals surface area contributed by atoms with Gasteiger partial charge in [-0.1, -0.05) is 91.0 Å². The molecule has 2 nitrogen and oxygen atoms in total. The summed E-state index contributed by atoms with van der Waals surface area (Å²) in [7, 11) is 0. The van der Waals surface area contributed by atoms with Crippen LogP contribution in [0.5, 0.6) is 0 Å². The van der Waals surface area contributed by atoms with Crippen molar-refractivity contribution in [2.24, 2.45) is 0 Å². The van der Waals surface area contributed by atoms with Gasteiger partial charge in [0.15, 0.2) is 5.78 Å². The maximum absolute atomic E-state index is 12.9. The Hall–Kier alpha value is -2.71. The van der Waals surface area contributed by atoms with Crippen molar-refractivity contribution in [3.05, 3.63) is 108 Å². The summed E-state index contributed by atoms with van der Waals surface area (Å²) in [6.45, 7) is 0.795. The van der Waals surface area contributed by atoms with E-state index in [4.69, 9.17) is 0 Å². The fourth-order valence-electron chi connectivity index (χ4n) is 3.36. The fraction of sp³-hybridized carbons (Fsp3) is 0.136. The third-order valence-corrected chi connectivity index (χ3v) is 4.60. The quantitative estimate of drug-likeness (QED) is 0.511. The van der Waals surface area contributed by atoms with Crippen molar-refractivity contribution in [2.75, 3.05) is 0 Å². The first kappa shape index (κ1) is 14.9. The molecule has 1 unspecified atom stereocenters. The summed E-state index contributed by atoms with van der Waals surface area (Å²) in [4.78, 5) is 15.2. The Morgan fingerprint density at radius 2 is 1.29 bits per heavy atom. The van der Waals surface area contributed by atoms with Crippen LogP contribution in [-0.4, -0.2) is 16.7 Å². The van der Waals surface area contributed by atoms with Crippen LogP contribution < -0.4 is 0 Å². The van der Waals surface area contributed by atoms with Gasteiger partial charge in [0.1, 0.15) is 0 Å². The van der Waals surface area contributed by atoms with Gasteiger partial charge in [0.2, 0.25) is 0 Å². The van der Waals surface area contributed by atoms with E-state index < -0.39 is 0 Å². The Morgan fingerprint density at radius 1 is 0.750 bits per heavy atom. The molecular formula is C22H19NO. The molecule has 1 aliphatic heterocycles. The minimum absolute atomic E-state index is 0.0741. The van der Waals surface area contributed by atoms with Gasteiger partial charge in [0, 0.05) is 12.1 Å². The molecule has 118 valence electrons. The first-order chi connectivity index (χ1) is 11.8. The van der Waals surface area contributed by atoms with Crippen LogP contribution in [-0.2, 0) is 6.54 Å². The molecule has 1 fully saturated rings. The second-order valence-corrected chi connectivity index (χ2v) is 6.19. The van der Waals surface area contributed by atoms with Gasteiger partial charge in [-0.15, -0.1) is 0 Å². The van der Waals surface area contributed by atoms with Crippen LogP contribution in [0.15, 0.2) is 91.0 Å². The van der Waals surface area contributed by atoms with Crippen LogP contribution >= 0.6 is 0 Å². The number of rotatable bonds is 5. The molecule has 3 aromatic rings. The predicted octanol–water partition coefficient (Wildman–Crippen LogP) is 4.50. The molecule has 2 heteroatoms. The molecule has 0 radical (unpaired) electrons. The van der Waals surface area contributed by atoms with Crippen molar-refractivity contribution in [1.82, 2.24) is 4.90 Å². The van der Waals surface area contributed by atoms with Crippen LogP contribution in [0.25, 0.3) is 0 Å². The van der Waals surface area contributed by atoms with Crippen LogP contribution in [0.1, 0.15) is 27.5 Å². The topological polar surface area (TPSA) is 20.1 Å². The zero-order valence-electron chi connectivity index (χ0n) is 13.4. The first-order valence-electron chi connectivity index (χ1n) is 8.28. The highest BCUT2D eigenvalue weighted by atomic mass is 16.1. The van der Waals surface area contributed by atoms with Crippen molar-refractivity contribution >= 4 is 5.78 Å². The molecule has 1 heterocycles. The minimum atomic E-state index is -0.0741. The monoisotopic (exact) mass is 313 g/mol. The molecule has 3 aromatic carbocycles. The SMILES string of the molecule is O=C(c1ccccc1)[C@@H]1[C@@H](c2ccccc2)N1Cc1ccccc1. The van der Waals surface area contributed by atoms with Crippen LogP contribution in [0.4, 0.5) is 0 Å². The predicted molar refractivity (Wildman–Crippen MR) is 95.7 cm³/mol. The lowest BCUT2D eigenvalue weighted by atomic mass is 10.0. The van der Waals surface area contributed by atoms with E-state index in [0.29, 0.717) is 0 Å². The van der Waals surface area contributed by atoms with E-state index >= 15 is 0 Å². The Morgan fingerprint density at radius 3 is 1.92 bits per heavy atom. The van der Waals surface area contributed by atoms with E-state index in [1.807, 2.05) is 66.7 Å². The summed E-state index contributed by atoms with van der Waals surface area (Å²) in [6, 6.07) is 30.4. The van der Waals surface area contributed by atoms with E-state index in [9.17, 15) is 4.79 Å². The number of carbonyl (C=O) groups is 1. The molecule has 0 N–H and O–H groups in total. The van der Waals surface area contributed by atoms with Gasteiger partial charge in [-0.25, -0.2) is 0 Å². The third kappa shape index (κ3) is 2.89. The molecule has 0 saturated carbocycles. The van der Waals surface area contributed by atoms with Crippen LogP contribution in [0.3, 0.4) is 0 Å². The number of benzene rings is 3. The number of hydrogen-bond acceptors (Lipinski definition) is 2. The van der Waals surface area contributed by atoms with Crippen molar-refractivity contribution in [2.45, 2.75) is 18.6 Å². The van der Waals surface area contributed by atoms with Crippen LogP contribution in [0, 0.1) is 0 Å². The van der Waals surface area contributed by atoms with Gasteiger partial charge in [-0.2, -0.15) is 0 Å².